The van der Waals surface area contributed by atoms with Gasteiger partial charge in [-0.25, -0.2) is 8.42 Å². The Hall–Kier alpha value is -1.85. The molecule has 9 nitrogen and oxygen atoms in total. The Morgan fingerprint density at radius 2 is 1.71 bits per heavy atom. The second-order valence-corrected chi connectivity index (χ2v) is 9.75. The highest BCUT2D eigenvalue weighted by Gasteiger charge is 2.27. The summed E-state index contributed by atoms with van der Waals surface area (Å²) in [6.45, 7) is 4.34. The van der Waals surface area contributed by atoms with Crippen LogP contribution in [-0.2, 0) is 14.8 Å². The maximum Gasteiger partial charge on any atom is 0.316 e. The lowest BCUT2D eigenvalue weighted by molar-refractivity contribution is 0.109. The summed E-state index contributed by atoms with van der Waals surface area (Å²) in [5, 5.41) is 5.02. The molecule has 1 fully saturated rings. The third kappa shape index (κ3) is 5.89. The molecule has 12 heteroatoms. The number of anilines is 1. The molecule has 2 aromatic rings. The zero-order valence-electron chi connectivity index (χ0n) is 17.3. The SMILES string of the molecule is CCOCCOc1c(N2CCN(S(C)(=O)=O)CC2)cnn(-c2cc(Cl)cc(Cl)c2)c1=O. The first-order valence-corrected chi connectivity index (χ1v) is 12.3. The molecule has 1 aromatic heterocycles. The van der Waals surface area contributed by atoms with Crippen LogP contribution in [0, 0.1) is 0 Å². The summed E-state index contributed by atoms with van der Waals surface area (Å²) in [7, 11) is -3.27. The van der Waals surface area contributed by atoms with Gasteiger partial charge in [-0.15, -0.1) is 0 Å². The number of hydrogen-bond acceptors (Lipinski definition) is 7. The Bertz CT molecular complexity index is 1060. The van der Waals surface area contributed by atoms with Crippen LogP contribution in [0.3, 0.4) is 0 Å². The molecule has 0 bridgehead atoms. The predicted molar refractivity (Wildman–Crippen MR) is 120 cm³/mol. The fraction of sp³-hybridized carbons (Fsp3) is 0.474. The van der Waals surface area contributed by atoms with Crippen molar-refractivity contribution in [3.05, 3.63) is 44.8 Å². The molecular weight excluding hydrogens is 467 g/mol. The predicted octanol–water partition coefficient (Wildman–Crippen LogP) is 2.04. The van der Waals surface area contributed by atoms with Gasteiger partial charge in [-0.1, -0.05) is 23.2 Å². The Labute approximate surface area is 191 Å². The average Bonchev–Trinajstić information content (AvgIpc) is 2.70. The summed E-state index contributed by atoms with van der Waals surface area (Å²) >= 11 is 12.2. The summed E-state index contributed by atoms with van der Waals surface area (Å²) in [5.74, 6) is 0.110. The average molecular weight is 491 g/mol. The van der Waals surface area contributed by atoms with Gasteiger partial charge in [-0.3, -0.25) is 4.79 Å². The van der Waals surface area contributed by atoms with Crippen molar-refractivity contribution in [2.75, 3.05) is 57.2 Å². The number of hydrogen-bond donors (Lipinski definition) is 0. The smallest absolute Gasteiger partial charge is 0.316 e. The molecule has 0 saturated carbocycles. The zero-order chi connectivity index (χ0) is 22.6. The van der Waals surface area contributed by atoms with E-state index in [1.165, 1.54) is 21.4 Å². The molecule has 1 saturated heterocycles. The lowest BCUT2D eigenvalue weighted by Crippen LogP contribution is -2.48. The van der Waals surface area contributed by atoms with Crippen LogP contribution in [0.25, 0.3) is 5.69 Å². The molecule has 0 radical (unpaired) electrons. The van der Waals surface area contributed by atoms with Crippen LogP contribution in [0.2, 0.25) is 10.0 Å². The molecule has 0 aliphatic carbocycles. The van der Waals surface area contributed by atoms with Crippen molar-refractivity contribution in [1.29, 1.82) is 0 Å². The standard InChI is InChI=1S/C19H24Cl2N4O5S/c1-3-29-8-9-30-18-17(23-4-6-24(7-5-23)31(2,27)28)13-22-25(19(18)26)16-11-14(20)10-15(21)12-16/h10-13H,3-9H2,1-2H3. The van der Waals surface area contributed by atoms with E-state index >= 15 is 0 Å². The van der Waals surface area contributed by atoms with Gasteiger partial charge < -0.3 is 14.4 Å². The summed E-state index contributed by atoms with van der Waals surface area (Å²) in [6, 6.07) is 4.72. The molecule has 1 aromatic carbocycles. The number of rotatable bonds is 8. The second kappa shape index (κ2) is 10.2. The van der Waals surface area contributed by atoms with Crippen LogP contribution in [-0.4, -0.2) is 74.8 Å². The maximum absolute atomic E-state index is 13.3. The first-order valence-electron chi connectivity index (χ1n) is 9.70. The van der Waals surface area contributed by atoms with Crippen molar-refractivity contribution in [1.82, 2.24) is 14.1 Å². The van der Waals surface area contributed by atoms with E-state index in [0.29, 0.717) is 60.8 Å². The highest BCUT2D eigenvalue weighted by molar-refractivity contribution is 7.88. The van der Waals surface area contributed by atoms with Crippen LogP contribution < -0.4 is 15.2 Å². The highest BCUT2D eigenvalue weighted by Crippen LogP contribution is 2.27. The number of nitrogens with zero attached hydrogens (tertiary/aromatic N) is 4. The lowest BCUT2D eigenvalue weighted by Gasteiger charge is -2.35. The van der Waals surface area contributed by atoms with E-state index in [1.807, 2.05) is 11.8 Å². The molecule has 0 atom stereocenters. The minimum atomic E-state index is -3.27. The van der Waals surface area contributed by atoms with E-state index in [4.69, 9.17) is 32.7 Å². The number of benzene rings is 1. The maximum atomic E-state index is 13.3. The summed E-state index contributed by atoms with van der Waals surface area (Å²) in [6.07, 6.45) is 2.71. The minimum absolute atomic E-state index is 0.110. The molecule has 3 rings (SSSR count). The molecular formula is C19H24Cl2N4O5S. The molecule has 0 N–H and O–H groups in total. The quantitative estimate of drug-likeness (QED) is 0.522. The Balaban J connectivity index is 1.95. The van der Waals surface area contributed by atoms with E-state index in [-0.39, 0.29) is 12.4 Å². The van der Waals surface area contributed by atoms with Crippen molar-refractivity contribution in [3.63, 3.8) is 0 Å². The minimum Gasteiger partial charge on any atom is -0.484 e. The topological polar surface area (TPSA) is 94.0 Å². The number of ether oxygens (including phenoxy) is 2. The van der Waals surface area contributed by atoms with Crippen molar-refractivity contribution in [2.24, 2.45) is 0 Å². The number of piperazine rings is 1. The fourth-order valence-corrected chi connectivity index (χ4v) is 4.58. The molecule has 0 spiro atoms. The van der Waals surface area contributed by atoms with Crippen molar-refractivity contribution < 1.29 is 17.9 Å². The summed E-state index contributed by atoms with van der Waals surface area (Å²) < 4.78 is 37.3. The van der Waals surface area contributed by atoms with Crippen LogP contribution in [0.5, 0.6) is 5.75 Å². The van der Waals surface area contributed by atoms with Gasteiger partial charge in [-0.2, -0.15) is 14.1 Å². The molecule has 170 valence electrons. The molecule has 1 aliphatic rings. The van der Waals surface area contributed by atoms with Gasteiger partial charge >= 0.3 is 5.56 Å². The molecule has 0 amide bonds. The van der Waals surface area contributed by atoms with E-state index in [0.717, 1.165) is 0 Å². The van der Waals surface area contributed by atoms with Crippen LogP contribution in [0.1, 0.15) is 6.92 Å². The third-order valence-corrected chi connectivity index (χ3v) is 6.47. The second-order valence-electron chi connectivity index (χ2n) is 6.90. The monoisotopic (exact) mass is 490 g/mol. The highest BCUT2D eigenvalue weighted by atomic mass is 35.5. The number of halogens is 2. The number of aromatic nitrogens is 2. The van der Waals surface area contributed by atoms with E-state index in [9.17, 15) is 13.2 Å². The molecule has 31 heavy (non-hydrogen) atoms. The van der Waals surface area contributed by atoms with Gasteiger partial charge in [0.1, 0.15) is 12.3 Å². The first-order chi connectivity index (χ1) is 14.7. The van der Waals surface area contributed by atoms with Crippen LogP contribution >= 0.6 is 23.2 Å². The Morgan fingerprint density at radius 3 is 2.29 bits per heavy atom. The van der Waals surface area contributed by atoms with Gasteiger partial charge in [-0.05, 0) is 25.1 Å². The number of sulfonamides is 1. The Kier molecular flexibility index (Phi) is 7.82. The van der Waals surface area contributed by atoms with Crippen LogP contribution in [0.4, 0.5) is 5.69 Å². The van der Waals surface area contributed by atoms with Gasteiger partial charge in [0.05, 0.1) is 24.7 Å². The first kappa shape index (κ1) is 23.8. The summed E-state index contributed by atoms with van der Waals surface area (Å²) in [5.41, 5.74) is 0.433. The molecule has 2 heterocycles. The van der Waals surface area contributed by atoms with Gasteiger partial charge in [0.15, 0.2) is 0 Å². The molecule has 1 aliphatic heterocycles. The Morgan fingerprint density at radius 1 is 1.06 bits per heavy atom. The van der Waals surface area contributed by atoms with Gasteiger partial charge in [0.2, 0.25) is 15.8 Å². The fourth-order valence-electron chi connectivity index (χ4n) is 3.24. The summed E-state index contributed by atoms with van der Waals surface area (Å²) in [4.78, 5) is 15.1. The van der Waals surface area contributed by atoms with Gasteiger partial charge in [0, 0.05) is 42.8 Å². The molecule has 0 unspecified atom stereocenters. The largest absolute Gasteiger partial charge is 0.484 e. The zero-order valence-corrected chi connectivity index (χ0v) is 19.6. The normalized spacial score (nSPS) is 15.3. The van der Waals surface area contributed by atoms with Crippen LogP contribution in [0.15, 0.2) is 29.2 Å². The van der Waals surface area contributed by atoms with E-state index in [2.05, 4.69) is 5.10 Å². The van der Waals surface area contributed by atoms with Gasteiger partial charge in [0.25, 0.3) is 0 Å². The van der Waals surface area contributed by atoms with Crippen molar-refractivity contribution >= 4 is 38.9 Å². The van der Waals surface area contributed by atoms with E-state index in [1.54, 1.807) is 18.2 Å². The van der Waals surface area contributed by atoms with E-state index < -0.39 is 15.6 Å². The lowest BCUT2D eigenvalue weighted by atomic mass is 10.3. The van der Waals surface area contributed by atoms with Crippen molar-refractivity contribution in [2.45, 2.75) is 6.92 Å². The van der Waals surface area contributed by atoms with Crippen molar-refractivity contribution in [3.8, 4) is 11.4 Å². The third-order valence-electron chi connectivity index (χ3n) is 4.73.